The predicted octanol–water partition coefficient (Wildman–Crippen LogP) is 0.948. The van der Waals surface area contributed by atoms with Crippen LogP contribution >= 0.6 is 0 Å². The van der Waals surface area contributed by atoms with E-state index >= 15 is 0 Å². The van der Waals surface area contributed by atoms with Gasteiger partial charge in [0.25, 0.3) is 11.3 Å². The van der Waals surface area contributed by atoms with Gasteiger partial charge in [0.05, 0.1) is 5.54 Å². The lowest BCUT2D eigenvalue weighted by Gasteiger charge is -2.21. The monoisotopic (exact) mass is 269 g/mol. The molecule has 0 bridgehead atoms. The molecule has 0 amide bonds. The molecule has 0 spiro atoms. The summed E-state index contributed by atoms with van der Waals surface area (Å²) in [6.07, 6.45) is 0. The zero-order valence-electron chi connectivity index (χ0n) is 11.3. The van der Waals surface area contributed by atoms with Gasteiger partial charge in [0.2, 0.25) is 0 Å². The number of benzene rings is 1. The van der Waals surface area contributed by atoms with Gasteiger partial charge in [0.15, 0.2) is 0 Å². The lowest BCUT2D eigenvalue weighted by Crippen LogP contribution is -2.35. The molecule has 3 rings (SSSR count). The minimum Gasteiger partial charge on any atom is -0.315 e. The van der Waals surface area contributed by atoms with Gasteiger partial charge in [-0.3, -0.25) is 9.89 Å². The van der Waals surface area contributed by atoms with E-state index in [1.54, 1.807) is 6.92 Å². The first kappa shape index (κ1) is 12.6. The fourth-order valence-electron chi connectivity index (χ4n) is 2.15. The average Bonchev–Trinajstić information content (AvgIpc) is 2.84. The molecule has 2 heterocycles. The highest BCUT2D eigenvalue weighted by molar-refractivity contribution is 5.35. The van der Waals surface area contributed by atoms with Crippen molar-refractivity contribution < 1.29 is 0 Å². The highest BCUT2D eigenvalue weighted by Crippen LogP contribution is 2.23. The van der Waals surface area contributed by atoms with Crippen molar-refractivity contribution >= 4 is 5.78 Å². The van der Waals surface area contributed by atoms with Crippen LogP contribution in [0, 0.1) is 6.92 Å². The van der Waals surface area contributed by atoms with Crippen molar-refractivity contribution in [1.29, 1.82) is 0 Å². The van der Waals surface area contributed by atoms with E-state index in [9.17, 15) is 4.79 Å². The zero-order valence-corrected chi connectivity index (χ0v) is 11.3. The molecule has 0 fully saturated rings. The molecule has 0 aliphatic rings. The summed E-state index contributed by atoms with van der Waals surface area (Å²) >= 11 is 0. The summed E-state index contributed by atoms with van der Waals surface area (Å²) in [5.74, 6) is 0.830. The van der Waals surface area contributed by atoms with Gasteiger partial charge in [-0.2, -0.15) is 9.50 Å². The summed E-state index contributed by atoms with van der Waals surface area (Å²) in [5, 5.41) is 2.94. The van der Waals surface area contributed by atoms with Crippen molar-refractivity contribution in [2.24, 2.45) is 5.73 Å². The van der Waals surface area contributed by atoms with Gasteiger partial charge in [-0.15, -0.1) is 0 Å². The van der Waals surface area contributed by atoms with Crippen molar-refractivity contribution in [1.82, 2.24) is 19.6 Å². The maximum Gasteiger partial charge on any atom is 0.274 e. The average molecular weight is 269 g/mol. The maximum atomic E-state index is 11.9. The van der Waals surface area contributed by atoms with Crippen LogP contribution in [-0.2, 0) is 5.54 Å². The Morgan fingerprint density at radius 3 is 2.65 bits per heavy atom. The normalized spacial score (nSPS) is 14.3. The molecular formula is C14H15N5O. The summed E-state index contributed by atoms with van der Waals surface area (Å²) < 4.78 is 1.30. The van der Waals surface area contributed by atoms with Gasteiger partial charge >= 0.3 is 0 Å². The van der Waals surface area contributed by atoms with E-state index in [0.29, 0.717) is 17.3 Å². The molecule has 0 saturated carbocycles. The van der Waals surface area contributed by atoms with Crippen LogP contribution in [0.5, 0.6) is 0 Å². The summed E-state index contributed by atoms with van der Waals surface area (Å²) in [6.45, 7) is 3.60. The highest BCUT2D eigenvalue weighted by Gasteiger charge is 2.28. The lowest BCUT2D eigenvalue weighted by molar-refractivity contribution is 0.557. The predicted molar refractivity (Wildman–Crippen MR) is 75.4 cm³/mol. The third-order valence-electron chi connectivity index (χ3n) is 3.32. The second kappa shape index (κ2) is 4.28. The van der Waals surface area contributed by atoms with Gasteiger partial charge in [-0.25, -0.2) is 4.98 Å². The maximum absolute atomic E-state index is 11.9. The fraction of sp³-hybridized carbons (Fsp3) is 0.214. The molecule has 6 heteroatoms. The molecule has 2 aromatic heterocycles. The lowest BCUT2D eigenvalue weighted by atomic mass is 9.93. The van der Waals surface area contributed by atoms with Gasteiger partial charge < -0.3 is 5.73 Å². The number of nitrogens with two attached hydrogens (primary N) is 1. The number of hydrogen-bond donors (Lipinski definition) is 2. The van der Waals surface area contributed by atoms with Crippen LogP contribution in [0.2, 0.25) is 0 Å². The summed E-state index contributed by atoms with van der Waals surface area (Å²) in [7, 11) is 0. The SMILES string of the molecule is Cc1cc(=O)n2[nH]c(C(C)(N)c3ccccc3)nc2n1. The number of aromatic nitrogens is 4. The van der Waals surface area contributed by atoms with E-state index in [1.807, 2.05) is 37.3 Å². The van der Waals surface area contributed by atoms with Gasteiger partial charge in [0.1, 0.15) is 5.82 Å². The second-order valence-corrected chi connectivity index (χ2v) is 5.01. The van der Waals surface area contributed by atoms with Crippen LogP contribution in [0.25, 0.3) is 5.78 Å². The van der Waals surface area contributed by atoms with E-state index < -0.39 is 5.54 Å². The molecule has 20 heavy (non-hydrogen) atoms. The van der Waals surface area contributed by atoms with Crippen molar-refractivity contribution in [2.75, 3.05) is 0 Å². The fourth-order valence-corrected chi connectivity index (χ4v) is 2.15. The molecule has 1 aromatic carbocycles. The third-order valence-corrected chi connectivity index (χ3v) is 3.32. The van der Waals surface area contributed by atoms with Crippen LogP contribution in [0.1, 0.15) is 24.0 Å². The van der Waals surface area contributed by atoms with E-state index in [0.717, 1.165) is 5.56 Å². The smallest absolute Gasteiger partial charge is 0.274 e. The third kappa shape index (κ3) is 1.90. The Labute approximate surface area is 115 Å². The van der Waals surface area contributed by atoms with Crippen LogP contribution in [0.3, 0.4) is 0 Å². The molecular weight excluding hydrogens is 254 g/mol. The Morgan fingerprint density at radius 1 is 1.25 bits per heavy atom. The van der Waals surface area contributed by atoms with Gasteiger partial charge in [0, 0.05) is 11.8 Å². The van der Waals surface area contributed by atoms with Crippen LogP contribution in [0.15, 0.2) is 41.2 Å². The molecule has 1 atom stereocenters. The quantitative estimate of drug-likeness (QED) is 0.725. The van der Waals surface area contributed by atoms with Crippen LogP contribution < -0.4 is 11.3 Å². The molecule has 0 radical (unpaired) electrons. The second-order valence-electron chi connectivity index (χ2n) is 5.01. The minimum absolute atomic E-state index is 0.199. The Hall–Kier alpha value is -2.47. The number of nitrogens with zero attached hydrogens (tertiary/aromatic N) is 3. The van der Waals surface area contributed by atoms with Crippen molar-refractivity contribution in [3.63, 3.8) is 0 Å². The molecule has 1 unspecified atom stereocenters. The van der Waals surface area contributed by atoms with E-state index in [4.69, 9.17) is 5.73 Å². The topological polar surface area (TPSA) is 89.1 Å². The number of hydrogen-bond acceptors (Lipinski definition) is 4. The van der Waals surface area contributed by atoms with Crippen LogP contribution in [-0.4, -0.2) is 19.6 Å². The van der Waals surface area contributed by atoms with Crippen LogP contribution in [0.4, 0.5) is 0 Å². The Balaban J connectivity index is 2.20. The number of aryl methyl sites for hydroxylation is 1. The van der Waals surface area contributed by atoms with E-state index in [1.165, 1.54) is 10.6 Å². The Bertz CT molecular complexity index is 816. The standard InChI is InChI=1S/C14H15N5O/c1-9-8-11(20)19-13(16-9)17-12(18-19)14(2,15)10-6-4-3-5-7-10/h3-8H,15H2,1-2H3,(H,16,17,18). The van der Waals surface area contributed by atoms with E-state index in [-0.39, 0.29) is 5.56 Å². The van der Waals surface area contributed by atoms with E-state index in [2.05, 4.69) is 15.1 Å². The summed E-state index contributed by atoms with van der Waals surface area (Å²) in [5.41, 5.74) is 6.89. The number of H-pyrrole nitrogens is 1. The minimum atomic E-state index is -0.824. The molecule has 0 saturated heterocycles. The first-order chi connectivity index (χ1) is 9.48. The molecule has 3 aromatic rings. The molecule has 6 nitrogen and oxygen atoms in total. The summed E-state index contributed by atoms with van der Waals surface area (Å²) in [4.78, 5) is 20.5. The zero-order chi connectivity index (χ0) is 14.3. The number of fused-ring (bicyclic) bond motifs is 1. The number of aromatic amines is 1. The summed E-state index contributed by atoms with van der Waals surface area (Å²) in [6, 6.07) is 11.1. The van der Waals surface area contributed by atoms with Gasteiger partial charge in [-0.1, -0.05) is 30.3 Å². The van der Waals surface area contributed by atoms with Crippen molar-refractivity contribution in [2.45, 2.75) is 19.4 Å². The first-order valence-electron chi connectivity index (χ1n) is 6.30. The highest BCUT2D eigenvalue weighted by atomic mass is 16.1. The Morgan fingerprint density at radius 2 is 1.95 bits per heavy atom. The largest absolute Gasteiger partial charge is 0.315 e. The number of nitrogens with one attached hydrogen (secondary N) is 1. The molecule has 102 valence electrons. The molecule has 3 N–H and O–H groups in total. The van der Waals surface area contributed by atoms with Crippen molar-refractivity contribution in [3.05, 3.63) is 63.8 Å². The Kier molecular flexibility index (Phi) is 2.69. The molecule has 0 aliphatic heterocycles. The van der Waals surface area contributed by atoms with Gasteiger partial charge in [-0.05, 0) is 19.4 Å². The van der Waals surface area contributed by atoms with Crippen molar-refractivity contribution in [3.8, 4) is 0 Å². The first-order valence-corrected chi connectivity index (χ1v) is 6.30. The number of rotatable bonds is 2. The molecule has 0 aliphatic carbocycles.